The number of nitrogens with zero attached hydrogens (tertiary/aromatic N) is 1. The fourth-order valence-corrected chi connectivity index (χ4v) is 5.33. The molecule has 150 valence electrons. The van der Waals surface area contributed by atoms with E-state index < -0.39 is 22.0 Å². The summed E-state index contributed by atoms with van der Waals surface area (Å²) in [6.45, 7) is 9.19. The quantitative estimate of drug-likeness (QED) is 0.714. The highest BCUT2D eigenvalue weighted by molar-refractivity contribution is 7.89. The van der Waals surface area contributed by atoms with Crippen LogP contribution in [0.5, 0.6) is 0 Å². The van der Waals surface area contributed by atoms with Crippen LogP contribution in [-0.2, 0) is 19.6 Å². The molecule has 0 aliphatic carbocycles. The molecule has 9 heteroatoms. The third kappa shape index (κ3) is 5.27. The number of hydrogen-bond donors (Lipinski definition) is 2. The van der Waals surface area contributed by atoms with Crippen LogP contribution in [0.1, 0.15) is 23.6 Å². The molecule has 2 rings (SSSR count). The molecule has 1 fully saturated rings. The number of benzene rings is 1. The summed E-state index contributed by atoms with van der Waals surface area (Å²) in [4.78, 5) is 24.4. The minimum Gasteiger partial charge on any atom is -0.450 e. The SMILES string of the molecule is CCOC(=O)NC(=O)C[NH+]1CCN(S(=O)(=O)c2c(C)cc(C)cc2C)CC1. The van der Waals surface area contributed by atoms with Gasteiger partial charge in [0.25, 0.3) is 5.91 Å². The Morgan fingerprint density at radius 3 is 2.22 bits per heavy atom. The Hall–Kier alpha value is -1.97. The Bertz CT molecular complexity index is 791. The lowest BCUT2D eigenvalue weighted by molar-refractivity contribution is -0.895. The molecule has 0 radical (unpaired) electrons. The molecule has 0 unspecified atom stereocenters. The van der Waals surface area contributed by atoms with Gasteiger partial charge in [0.1, 0.15) is 0 Å². The minimum atomic E-state index is -3.57. The van der Waals surface area contributed by atoms with Gasteiger partial charge >= 0.3 is 6.09 Å². The van der Waals surface area contributed by atoms with E-state index in [4.69, 9.17) is 0 Å². The van der Waals surface area contributed by atoms with Crippen molar-refractivity contribution in [2.24, 2.45) is 0 Å². The van der Waals surface area contributed by atoms with E-state index in [-0.39, 0.29) is 13.2 Å². The third-order valence-electron chi connectivity index (χ3n) is 4.56. The zero-order valence-electron chi connectivity index (χ0n) is 16.3. The predicted molar refractivity (Wildman–Crippen MR) is 100 cm³/mol. The molecule has 1 aromatic rings. The van der Waals surface area contributed by atoms with Crippen LogP contribution in [0.3, 0.4) is 0 Å². The number of alkyl carbamates (subject to hydrolysis) is 1. The molecule has 0 bridgehead atoms. The summed E-state index contributed by atoms with van der Waals surface area (Å²) in [5, 5.41) is 2.16. The summed E-state index contributed by atoms with van der Waals surface area (Å²) < 4.78 is 32.3. The molecule has 2 amide bonds. The normalized spacial score (nSPS) is 16.1. The number of piperazine rings is 1. The summed E-state index contributed by atoms with van der Waals surface area (Å²) in [5.41, 5.74) is 2.53. The van der Waals surface area contributed by atoms with Gasteiger partial charge in [0.05, 0.1) is 37.7 Å². The first-order chi connectivity index (χ1) is 12.6. The monoisotopic (exact) mass is 398 g/mol. The van der Waals surface area contributed by atoms with E-state index in [1.165, 1.54) is 4.31 Å². The van der Waals surface area contributed by atoms with Crippen LogP contribution in [0, 0.1) is 20.8 Å². The first-order valence-corrected chi connectivity index (χ1v) is 10.5. The maximum Gasteiger partial charge on any atom is 0.414 e. The summed E-state index contributed by atoms with van der Waals surface area (Å²) in [6.07, 6.45) is -0.756. The summed E-state index contributed by atoms with van der Waals surface area (Å²) in [6, 6.07) is 3.75. The van der Waals surface area contributed by atoms with Gasteiger partial charge in [-0.1, -0.05) is 17.7 Å². The number of nitrogens with one attached hydrogen (secondary N) is 2. The number of quaternary nitrogens is 1. The fourth-order valence-electron chi connectivity index (χ4n) is 3.47. The highest BCUT2D eigenvalue weighted by Crippen LogP contribution is 2.25. The van der Waals surface area contributed by atoms with Crippen molar-refractivity contribution < 1.29 is 27.6 Å². The van der Waals surface area contributed by atoms with E-state index in [9.17, 15) is 18.0 Å². The van der Waals surface area contributed by atoms with Crippen LogP contribution in [0.2, 0.25) is 0 Å². The zero-order chi connectivity index (χ0) is 20.2. The lowest BCUT2D eigenvalue weighted by Gasteiger charge is -2.31. The highest BCUT2D eigenvalue weighted by atomic mass is 32.2. The minimum absolute atomic E-state index is 0.106. The largest absolute Gasteiger partial charge is 0.450 e. The topological polar surface area (TPSA) is 97.2 Å². The number of hydrogen-bond acceptors (Lipinski definition) is 5. The van der Waals surface area contributed by atoms with Gasteiger partial charge in [-0.25, -0.2) is 13.2 Å². The number of aryl methyl sites for hydroxylation is 3. The van der Waals surface area contributed by atoms with Gasteiger partial charge in [-0.15, -0.1) is 0 Å². The summed E-state index contributed by atoms with van der Waals surface area (Å²) in [7, 11) is -3.57. The third-order valence-corrected chi connectivity index (χ3v) is 6.76. The Balaban J connectivity index is 1.99. The fraction of sp³-hybridized carbons (Fsp3) is 0.556. The Labute approximate surface area is 160 Å². The number of carbonyl (C=O) groups excluding carboxylic acids is 2. The Morgan fingerprint density at radius 2 is 1.70 bits per heavy atom. The highest BCUT2D eigenvalue weighted by Gasteiger charge is 2.33. The van der Waals surface area contributed by atoms with Crippen molar-refractivity contribution >= 4 is 22.0 Å². The average Bonchev–Trinajstić information content (AvgIpc) is 2.54. The van der Waals surface area contributed by atoms with Crippen LogP contribution in [-0.4, -0.2) is 64.1 Å². The maximum absolute atomic E-state index is 13.1. The Kier molecular flexibility index (Phi) is 6.96. The molecular formula is C18H28N3O5S+. The van der Waals surface area contributed by atoms with Crippen molar-refractivity contribution in [3.05, 3.63) is 28.8 Å². The number of rotatable bonds is 5. The smallest absolute Gasteiger partial charge is 0.414 e. The van der Waals surface area contributed by atoms with Crippen molar-refractivity contribution in [2.45, 2.75) is 32.6 Å². The second kappa shape index (κ2) is 8.81. The zero-order valence-corrected chi connectivity index (χ0v) is 17.1. The molecule has 8 nitrogen and oxygen atoms in total. The number of carbonyl (C=O) groups is 2. The molecule has 1 saturated heterocycles. The Morgan fingerprint density at radius 1 is 1.15 bits per heavy atom. The number of ether oxygens (including phenoxy) is 1. The molecule has 0 saturated carbocycles. The second-order valence-corrected chi connectivity index (χ2v) is 8.70. The van der Waals surface area contributed by atoms with Gasteiger partial charge in [0, 0.05) is 0 Å². The van der Waals surface area contributed by atoms with Gasteiger partial charge < -0.3 is 9.64 Å². The molecule has 1 aliphatic rings. The van der Waals surface area contributed by atoms with Crippen molar-refractivity contribution in [1.82, 2.24) is 9.62 Å². The second-order valence-electron chi connectivity index (χ2n) is 6.83. The number of imide groups is 1. The van der Waals surface area contributed by atoms with E-state index in [1.807, 2.05) is 32.9 Å². The number of amides is 2. The van der Waals surface area contributed by atoms with Crippen LogP contribution in [0.4, 0.5) is 4.79 Å². The van der Waals surface area contributed by atoms with Gasteiger partial charge in [-0.05, 0) is 38.8 Å². The summed E-state index contributed by atoms with van der Waals surface area (Å²) >= 11 is 0. The van der Waals surface area contributed by atoms with Crippen LogP contribution in [0.25, 0.3) is 0 Å². The van der Waals surface area contributed by atoms with E-state index in [0.29, 0.717) is 31.1 Å². The lowest BCUT2D eigenvalue weighted by Crippen LogP contribution is -3.15. The van der Waals surface area contributed by atoms with Crippen LogP contribution >= 0.6 is 0 Å². The van der Waals surface area contributed by atoms with Gasteiger partial charge in [-0.2, -0.15) is 4.31 Å². The van der Waals surface area contributed by atoms with Crippen molar-refractivity contribution in [1.29, 1.82) is 0 Å². The van der Waals surface area contributed by atoms with Crippen molar-refractivity contribution in [3.8, 4) is 0 Å². The van der Waals surface area contributed by atoms with Crippen molar-refractivity contribution in [3.63, 3.8) is 0 Å². The molecule has 0 atom stereocenters. The van der Waals surface area contributed by atoms with E-state index in [0.717, 1.165) is 21.6 Å². The van der Waals surface area contributed by atoms with Crippen molar-refractivity contribution in [2.75, 3.05) is 39.3 Å². The first-order valence-electron chi connectivity index (χ1n) is 9.03. The van der Waals surface area contributed by atoms with E-state index in [2.05, 4.69) is 10.1 Å². The van der Waals surface area contributed by atoms with Gasteiger partial charge in [0.15, 0.2) is 6.54 Å². The maximum atomic E-state index is 13.1. The molecule has 0 aromatic heterocycles. The first kappa shape index (κ1) is 21.3. The molecule has 2 N–H and O–H groups in total. The van der Waals surface area contributed by atoms with Gasteiger partial charge in [-0.3, -0.25) is 10.1 Å². The molecule has 1 aliphatic heterocycles. The molecule has 1 aromatic carbocycles. The lowest BCUT2D eigenvalue weighted by atomic mass is 10.1. The molecular weight excluding hydrogens is 370 g/mol. The molecule has 27 heavy (non-hydrogen) atoms. The van der Waals surface area contributed by atoms with Crippen LogP contribution in [0.15, 0.2) is 17.0 Å². The number of sulfonamides is 1. The predicted octanol–water partition coefficient (Wildman–Crippen LogP) is -0.226. The average molecular weight is 399 g/mol. The van der Waals surface area contributed by atoms with E-state index >= 15 is 0 Å². The molecule has 1 heterocycles. The molecule has 0 spiro atoms. The van der Waals surface area contributed by atoms with Crippen LogP contribution < -0.4 is 10.2 Å². The standard InChI is InChI=1S/C18H27N3O5S/c1-5-26-18(23)19-16(22)12-20-6-8-21(9-7-20)27(24,25)17-14(3)10-13(2)11-15(17)4/h10-11H,5-9,12H2,1-4H3,(H,19,22,23)/p+1. The van der Waals surface area contributed by atoms with Gasteiger partial charge in [0.2, 0.25) is 10.0 Å². The summed E-state index contributed by atoms with van der Waals surface area (Å²) in [5.74, 6) is -0.426. The van der Waals surface area contributed by atoms with E-state index in [1.54, 1.807) is 6.92 Å².